The Labute approximate surface area is 198 Å². The quantitative estimate of drug-likeness (QED) is 0.384. The molecule has 2 heterocycles. The molecule has 0 saturated heterocycles. The smallest absolute Gasteiger partial charge is 0.0931 e. The molecule has 0 fully saturated rings. The third-order valence-corrected chi connectivity index (χ3v) is 4.31. The van der Waals surface area contributed by atoms with E-state index in [1.54, 1.807) is 0 Å². The number of aromatic nitrogens is 2. The summed E-state index contributed by atoms with van der Waals surface area (Å²) in [5.74, 6) is 1.72. The zero-order chi connectivity index (χ0) is 24.7. The minimum Gasteiger partial charge on any atom is -0.370 e. The molecule has 1 aromatic heterocycles. The van der Waals surface area contributed by atoms with E-state index in [0.29, 0.717) is 23.9 Å². The lowest BCUT2D eigenvalue weighted by molar-refractivity contribution is 0.615. The van der Waals surface area contributed by atoms with E-state index in [1.807, 2.05) is 27.7 Å². The maximum atomic E-state index is 4.22. The van der Waals surface area contributed by atoms with Gasteiger partial charge in [0.1, 0.15) is 0 Å². The van der Waals surface area contributed by atoms with Gasteiger partial charge in [-0.1, -0.05) is 91.8 Å². The highest BCUT2D eigenvalue weighted by molar-refractivity contribution is 5.71. The minimum atomic E-state index is 0.331. The summed E-state index contributed by atoms with van der Waals surface area (Å²) >= 11 is 0. The van der Waals surface area contributed by atoms with Gasteiger partial charge in [-0.05, 0) is 55.7 Å². The van der Waals surface area contributed by atoms with Gasteiger partial charge in [-0.15, -0.1) is 0 Å². The Kier molecular flexibility index (Phi) is 14.9. The Balaban J connectivity index is 0.000000561. The van der Waals surface area contributed by atoms with Crippen LogP contribution in [0.3, 0.4) is 0 Å². The first-order valence-electron chi connectivity index (χ1n) is 12.1. The molecule has 0 aliphatic carbocycles. The van der Waals surface area contributed by atoms with Gasteiger partial charge < -0.3 is 10.6 Å². The lowest BCUT2D eigenvalue weighted by atomic mass is 10.0. The van der Waals surface area contributed by atoms with Gasteiger partial charge in [0.15, 0.2) is 0 Å². The summed E-state index contributed by atoms with van der Waals surface area (Å²) < 4.78 is 0. The summed E-state index contributed by atoms with van der Waals surface area (Å²) in [6, 6.07) is 2.06. The van der Waals surface area contributed by atoms with Crippen LogP contribution in [0.2, 0.25) is 0 Å². The fourth-order valence-corrected chi connectivity index (χ4v) is 2.77. The second-order valence-electron chi connectivity index (χ2n) is 8.84. The van der Waals surface area contributed by atoms with Crippen molar-refractivity contribution in [3.63, 3.8) is 0 Å². The third kappa shape index (κ3) is 12.4. The van der Waals surface area contributed by atoms with E-state index < -0.39 is 0 Å². The molecule has 2 rings (SSSR count). The highest BCUT2D eigenvalue weighted by Gasteiger charge is 2.12. The lowest BCUT2D eigenvalue weighted by Crippen LogP contribution is -2.28. The second-order valence-corrected chi connectivity index (χ2v) is 8.84. The lowest BCUT2D eigenvalue weighted by Gasteiger charge is -2.10. The van der Waals surface area contributed by atoms with E-state index in [1.165, 1.54) is 16.8 Å². The van der Waals surface area contributed by atoms with Gasteiger partial charge in [-0.3, -0.25) is 5.10 Å². The van der Waals surface area contributed by atoms with Gasteiger partial charge in [0, 0.05) is 11.9 Å². The van der Waals surface area contributed by atoms with E-state index in [4.69, 9.17) is 0 Å². The molecule has 0 saturated carbocycles. The summed E-state index contributed by atoms with van der Waals surface area (Å²) in [7, 11) is 0. The van der Waals surface area contributed by atoms with Gasteiger partial charge >= 0.3 is 0 Å². The molecule has 1 atom stereocenters. The fourth-order valence-electron chi connectivity index (χ4n) is 2.77. The van der Waals surface area contributed by atoms with Crippen molar-refractivity contribution < 1.29 is 0 Å². The molecule has 0 amide bonds. The summed E-state index contributed by atoms with van der Waals surface area (Å²) in [6.45, 7) is 23.3. The van der Waals surface area contributed by atoms with E-state index >= 15 is 0 Å². The van der Waals surface area contributed by atoms with E-state index in [-0.39, 0.29) is 0 Å². The van der Waals surface area contributed by atoms with Crippen molar-refractivity contribution in [2.45, 2.75) is 82.3 Å². The van der Waals surface area contributed by atoms with Crippen LogP contribution in [0, 0.1) is 24.7 Å². The Morgan fingerprint density at radius 1 is 0.938 bits per heavy atom. The minimum absolute atomic E-state index is 0.331. The van der Waals surface area contributed by atoms with Crippen LogP contribution in [0.4, 0.5) is 0 Å². The number of allylic oxidation sites excluding steroid dienone is 7. The van der Waals surface area contributed by atoms with Crippen molar-refractivity contribution in [1.82, 2.24) is 20.8 Å². The Hall–Kier alpha value is -2.49. The van der Waals surface area contributed by atoms with Gasteiger partial charge in [0.05, 0.1) is 17.6 Å². The molecule has 0 spiro atoms. The number of rotatable bonds is 7. The van der Waals surface area contributed by atoms with Crippen molar-refractivity contribution in [2.24, 2.45) is 17.8 Å². The molecular formula is C28H48N4. The average Bonchev–Trinajstić information content (AvgIpc) is 3.35. The number of hydrogen-bond acceptors (Lipinski definition) is 3. The fraction of sp³-hybridized carbons (Fsp3) is 0.536. The molecule has 4 heteroatoms. The number of aromatic amines is 1. The molecule has 0 aromatic carbocycles. The standard InChI is InChI=1S/C14H24N2.C12H18N2.C2H6/c1-10(2)6-7-13(8-11(3)4)14-9-15-12(5)16-14;1-5-11(7-6-9(2)3)12-8-10(4)13-14-12;1-2/h6-12,15-16H,1-5H3;5-9H,1-4H3,(H,13,14);1-2H3/b7-6-,13-8+;7-6-,11-5+;. The third-order valence-electron chi connectivity index (χ3n) is 4.31. The SMILES string of the molecule is C/C=C(\C=C/C(C)C)c1cc(C)[nH]n1.CC.CC(C)/C=C\C(=C/C(C)C)C1=CNC(C)N1. The highest BCUT2D eigenvalue weighted by Crippen LogP contribution is 2.16. The molecule has 1 aliphatic rings. The first-order chi connectivity index (χ1) is 15.1. The van der Waals surface area contributed by atoms with E-state index in [2.05, 4.69) is 118 Å². The van der Waals surface area contributed by atoms with Crippen LogP contribution in [0.25, 0.3) is 5.57 Å². The van der Waals surface area contributed by atoms with Crippen molar-refractivity contribution in [1.29, 1.82) is 0 Å². The molecule has 32 heavy (non-hydrogen) atoms. The van der Waals surface area contributed by atoms with Crippen LogP contribution >= 0.6 is 0 Å². The van der Waals surface area contributed by atoms with Crippen LogP contribution in [-0.2, 0) is 0 Å². The van der Waals surface area contributed by atoms with E-state index in [9.17, 15) is 0 Å². The summed E-state index contributed by atoms with van der Waals surface area (Å²) in [6.07, 6.45) is 15.5. The summed E-state index contributed by atoms with van der Waals surface area (Å²) in [4.78, 5) is 0. The van der Waals surface area contributed by atoms with Crippen molar-refractivity contribution >= 4 is 5.57 Å². The highest BCUT2D eigenvalue weighted by atomic mass is 15.2. The zero-order valence-electron chi connectivity index (χ0n) is 22.4. The molecule has 1 aliphatic heterocycles. The second kappa shape index (κ2) is 16.2. The monoisotopic (exact) mass is 440 g/mol. The predicted molar refractivity (Wildman–Crippen MR) is 143 cm³/mol. The maximum absolute atomic E-state index is 4.22. The Morgan fingerprint density at radius 3 is 1.88 bits per heavy atom. The van der Waals surface area contributed by atoms with Crippen LogP contribution in [0.15, 0.2) is 60.0 Å². The number of nitrogens with zero attached hydrogens (tertiary/aromatic N) is 1. The Morgan fingerprint density at radius 2 is 1.50 bits per heavy atom. The molecule has 0 radical (unpaired) electrons. The van der Waals surface area contributed by atoms with Gasteiger partial charge in [0.2, 0.25) is 0 Å². The van der Waals surface area contributed by atoms with Crippen molar-refractivity contribution in [3.8, 4) is 0 Å². The summed E-state index contributed by atoms with van der Waals surface area (Å²) in [5.41, 5.74) is 5.75. The molecule has 4 nitrogen and oxygen atoms in total. The molecule has 0 bridgehead atoms. The first kappa shape index (κ1) is 29.5. The molecule has 1 unspecified atom stereocenters. The van der Waals surface area contributed by atoms with Gasteiger partial charge in [-0.25, -0.2) is 0 Å². The number of hydrogen-bond donors (Lipinski definition) is 3. The topological polar surface area (TPSA) is 52.7 Å². The molecule has 3 N–H and O–H groups in total. The van der Waals surface area contributed by atoms with Crippen LogP contribution in [0.5, 0.6) is 0 Å². The summed E-state index contributed by atoms with van der Waals surface area (Å²) in [5, 5.41) is 13.8. The largest absolute Gasteiger partial charge is 0.370 e. The number of H-pyrrole nitrogens is 1. The van der Waals surface area contributed by atoms with Crippen LogP contribution < -0.4 is 10.6 Å². The molecular weight excluding hydrogens is 392 g/mol. The molecule has 1 aromatic rings. The predicted octanol–water partition coefficient (Wildman–Crippen LogP) is 7.52. The van der Waals surface area contributed by atoms with Crippen molar-refractivity contribution in [3.05, 3.63) is 71.4 Å². The van der Waals surface area contributed by atoms with Crippen LogP contribution in [0.1, 0.15) is 80.6 Å². The van der Waals surface area contributed by atoms with Gasteiger partial charge in [-0.2, -0.15) is 5.10 Å². The Bertz CT molecular complexity index is 786. The van der Waals surface area contributed by atoms with E-state index in [0.717, 1.165) is 11.4 Å². The maximum Gasteiger partial charge on any atom is 0.0931 e. The zero-order valence-corrected chi connectivity index (χ0v) is 22.4. The van der Waals surface area contributed by atoms with Crippen LogP contribution in [-0.4, -0.2) is 16.4 Å². The van der Waals surface area contributed by atoms with Crippen molar-refractivity contribution in [2.75, 3.05) is 0 Å². The first-order valence-corrected chi connectivity index (χ1v) is 12.1. The number of nitrogens with one attached hydrogen (secondary N) is 3. The van der Waals surface area contributed by atoms with Gasteiger partial charge in [0.25, 0.3) is 0 Å². The molecule has 180 valence electrons. The normalized spacial score (nSPS) is 16.7. The average molecular weight is 441 g/mol. The number of aryl methyl sites for hydroxylation is 1.